The number of carbonyl (C=O) groups is 1. The first kappa shape index (κ1) is 16.5. The number of anilines is 1. The zero-order valence-corrected chi connectivity index (χ0v) is 14.6. The highest BCUT2D eigenvalue weighted by molar-refractivity contribution is 6.36. The van der Waals surface area contributed by atoms with E-state index in [2.05, 4.69) is 15.3 Å². The fourth-order valence-corrected chi connectivity index (χ4v) is 3.10. The zero-order valence-electron chi connectivity index (χ0n) is 13.1. The van der Waals surface area contributed by atoms with Crippen molar-refractivity contribution < 1.29 is 9.21 Å². The van der Waals surface area contributed by atoms with Crippen molar-refractivity contribution in [3.8, 4) is 11.3 Å². The Morgan fingerprint density at radius 1 is 0.962 bits per heavy atom. The summed E-state index contributed by atoms with van der Waals surface area (Å²) in [4.78, 5) is 29.0. The van der Waals surface area contributed by atoms with Crippen molar-refractivity contribution in [1.82, 2.24) is 9.97 Å². The molecular weight excluding hydrogens is 377 g/mol. The van der Waals surface area contributed by atoms with Gasteiger partial charge in [-0.1, -0.05) is 23.2 Å². The molecule has 0 fully saturated rings. The van der Waals surface area contributed by atoms with Crippen LogP contribution in [0.15, 0.2) is 57.7 Å². The SMILES string of the molecule is O=C(Nc1ccc2[nH]c(=O)[nH]c2c1)c1ccc(-c2ccc(Cl)cc2Cl)o1. The molecule has 8 heteroatoms. The number of rotatable bonds is 3. The van der Waals surface area contributed by atoms with Crippen LogP contribution in [-0.2, 0) is 0 Å². The van der Waals surface area contributed by atoms with E-state index in [0.717, 1.165) is 0 Å². The predicted molar refractivity (Wildman–Crippen MR) is 101 cm³/mol. The van der Waals surface area contributed by atoms with Crippen LogP contribution >= 0.6 is 23.2 Å². The molecule has 2 heterocycles. The predicted octanol–water partition coefficient (Wildman–Crippen LogP) is 4.68. The Morgan fingerprint density at radius 2 is 1.77 bits per heavy atom. The molecule has 0 aliphatic carbocycles. The minimum Gasteiger partial charge on any atom is -0.451 e. The van der Waals surface area contributed by atoms with Gasteiger partial charge in [0.25, 0.3) is 5.91 Å². The molecule has 1 amide bonds. The van der Waals surface area contributed by atoms with Crippen molar-refractivity contribution in [3.05, 3.63) is 74.8 Å². The van der Waals surface area contributed by atoms with Gasteiger partial charge in [0.15, 0.2) is 5.76 Å². The monoisotopic (exact) mass is 387 g/mol. The van der Waals surface area contributed by atoms with Crippen LogP contribution in [0, 0.1) is 0 Å². The maximum absolute atomic E-state index is 12.4. The average Bonchev–Trinajstić information content (AvgIpc) is 3.20. The second kappa shape index (κ2) is 6.40. The highest BCUT2D eigenvalue weighted by Gasteiger charge is 2.15. The zero-order chi connectivity index (χ0) is 18.3. The largest absolute Gasteiger partial charge is 0.451 e. The molecule has 0 bridgehead atoms. The molecule has 0 spiro atoms. The van der Waals surface area contributed by atoms with Crippen LogP contribution in [0.4, 0.5) is 5.69 Å². The normalized spacial score (nSPS) is 11.0. The third kappa shape index (κ3) is 3.12. The molecule has 2 aromatic carbocycles. The summed E-state index contributed by atoms with van der Waals surface area (Å²) in [5.74, 6) is 0.175. The van der Waals surface area contributed by atoms with Crippen molar-refractivity contribution >= 4 is 45.8 Å². The smallest absolute Gasteiger partial charge is 0.323 e. The number of amides is 1. The standard InChI is InChI=1S/C18H11Cl2N3O3/c19-9-1-3-11(12(20)7-9)15-5-6-16(26-15)17(24)21-10-2-4-13-14(8-10)23-18(25)22-13/h1-8H,(H,21,24)(H2,22,23,25). The minimum atomic E-state index is -0.418. The Bertz CT molecular complexity index is 1190. The van der Waals surface area contributed by atoms with E-state index in [4.69, 9.17) is 27.6 Å². The quantitative estimate of drug-likeness (QED) is 0.476. The number of nitrogens with one attached hydrogen (secondary N) is 3. The summed E-state index contributed by atoms with van der Waals surface area (Å²) in [6.45, 7) is 0. The lowest BCUT2D eigenvalue weighted by Crippen LogP contribution is -2.10. The van der Waals surface area contributed by atoms with Crippen LogP contribution in [-0.4, -0.2) is 15.9 Å². The fourth-order valence-electron chi connectivity index (χ4n) is 2.60. The van der Waals surface area contributed by atoms with Gasteiger partial charge in [-0.2, -0.15) is 0 Å². The maximum atomic E-state index is 12.4. The van der Waals surface area contributed by atoms with Crippen LogP contribution in [0.1, 0.15) is 10.6 Å². The molecular formula is C18H11Cl2N3O3. The van der Waals surface area contributed by atoms with Crippen LogP contribution in [0.2, 0.25) is 10.0 Å². The van der Waals surface area contributed by atoms with E-state index in [1.807, 2.05) is 0 Å². The van der Waals surface area contributed by atoms with Crippen molar-refractivity contribution in [3.63, 3.8) is 0 Å². The average molecular weight is 388 g/mol. The Morgan fingerprint density at radius 3 is 2.58 bits per heavy atom. The van der Waals surface area contributed by atoms with Gasteiger partial charge in [0.05, 0.1) is 16.1 Å². The molecule has 0 radical (unpaired) electrons. The molecule has 0 aliphatic rings. The van der Waals surface area contributed by atoms with Gasteiger partial charge in [0.1, 0.15) is 5.76 Å². The van der Waals surface area contributed by atoms with Gasteiger partial charge >= 0.3 is 5.69 Å². The van der Waals surface area contributed by atoms with Crippen molar-refractivity contribution in [2.24, 2.45) is 0 Å². The first-order valence-electron chi connectivity index (χ1n) is 7.58. The van der Waals surface area contributed by atoms with Crippen LogP contribution in [0.3, 0.4) is 0 Å². The Balaban J connectivity index is 1.58. The number of carbonyl (C=O) groups excluding carboxylic acids is 1. The summed E-state index contributed by atoms with van der Waals surface area (Å²) in [5, 5.41) is 3.67. The van der Waals surface area contributed by atoms with E-state index in [1.165, 1.54) is 0 Å². The number of hydrogen-bond acceptors (Lipinski definition) is 3. The van der Waals surface area contributed by atoms with E-state index in [1.54, 1.807) is 48.5 Å². The number of fused-ring (bicyclic) bond motifs is 1. The number of aromatic amines is 2. The third-order valence-electron chi connectivity index (χ3n) is 3.80. The summed E-state index contributed by atoms with van der Waals surface area (Å²) < 4.78 is 5.61. The number of aromatic nitrogens is 2. The second-order valence-electron chi connectivity index (χ2n) is 5.58. The van der Waals surface area contributed by atoms with Gasteiger partial charge in [-0.05, 0) is 48.5 Å². The lowest BCUT2D eigenvalue weighted by atomic mass is 10.2. The lowest BCUT2D eigenvalue weighted by Gasteiger charge is -2.04. The molecule has 26 heavy (non-hydrogen) atoms. The Labute approximate surface area is 156 Å². The third-order valence-corrected chi connectivity index (χ3v) is 4.35. The van der Waals surface area contributed by atoms with E-state index in [0.29, 0.717) is 38.1 Å². The summed E-state index contributed by atoms with van der Waals surface area (Å²) in [6, 6.07) is 13.3. The Kier molecular flexibility index (Phi) is 4.06. The minimum absolute atomic E-state index is 0.133. The van der Waals surface area contributed by atoms with Gasteiger partial charge in [-0.25, -0.2) is 4.79 Å². The Hall–Kier alpha value is -2.96. The molecule has 3 N–H and O–H groups in total. The molecule has 4 rings (SSSR count). The molecule has 4 aromatic rings. The molecule has 0 aliphatic heterocycles. The second-order valence-corrected chi connectivity index (χ2v) is 6.43. The molecule has 130 valence electrons. The highest BCUT2D eigenvalue weighted by Crippen LogP contribution is 2.31. The number of furan rings is 1. The molecule has 2 aromatic heterocycles. The molecule has 0 saturated heterocycles. The van der Waals surface area contributed by atoms with Crippen LogP contribution in [0.25, 0.3) is 22.4 Å². The summed E-state index contributed by atoms with van der Waals surface area (Å²) in [5.41, 5.74) is 2.12. The number of benzene rings is 2. The van der Waals surface area contributed by atoms with Gasteiger partial charge < -0.3 is 19.7 Å². The van der Waals surface area contributed by atoms with Crippen LogP contribution in [0.5, 0.6) is 0 Å². The van der Waals surface area contributed by atoms with Gasteiger partial charge in [0.2, 0.25) is 0 Å². The first-order valence-corrected chi connectivity index (χ1v) is 8.34. The van der Waals surface area contributed by atoms with Crippen LogP contribution < -0.4 is 11.0 Å². The van der Waals surface area contributed by atoms with Crippen molar-refractivity contribution in [2.75, 3.05) is 5.32 Å². The van der Waals surface area contributed by atoms with E-state index >= 15 is 0 Å². The van der Waals surface area contributed by atoms with Gasteiger partial charge in [-0.3, -0.25) is 4.79 Å². The van der Waals surface area contributed by atoms with Gasteiger partial charge in [0, 0.05) is 16.3 Å². The fraction of sp³-hybridized carbons (Fsp3) is 0. The highest BCUT2D eigenvalue weighted by atomic mass is 35.5. The molecule has 6 nitrogen and oxygen atoms in total. The number of imidazole rings is 1. The molecule has 0 unspecified atom stereocenters. The maximum Gasteiger partial charge on any atom is 0.323 e. The van der Waals surface area contributed by atoms with E-state index < -0.39 is 5.91 Å². The number of hydrogen-bond donors (Lipinski definition) is 3. The van der Waals surface area contributed by atoms with Crippen molar-refractivity contribution in [2.45, 2.75) is 0 Å². The van der Waals surface area contributed by atoms with Crippen molar-refractivity contribution in [1.29, 1.82) is 0 Å². The summed E-state index contributed by atoms with van der Waals surface area (Å²) in [6.07, 6.45) is 0. The molecule has 0 saturated carbocycles. The lowest BCUT2D eigenvalue weighted by molar-refractivity contribution is 0.0997. The number of halogens is 2. The van der Waals surface area contributed by atoms with E-state index in [9.17, 15) is 9.59 Å². The molecule has 0 atom stereocenters. The summed E-state index contributed by atoms with van der Waals surface area (Å²) >= 11 is 12.1. The summed E-state index contributed by atoms with van der Waals surface area (Å²) in [7, 11) is 0. The van der Waals surface area contributed by atoms with E-state index in [-0.39, 0.29) is 11.4 Å². The van der Waals surface area contributed by atoms with Gasteiger partial charge in [-0.15, -0.1) is 0 Å². The first-order chi connectivity index (χ1) is 12.5. The topological polar surface area (TPSA) is 90.9 Å². The number of H-pyrrole nitrogens is 2.